The van der Waals surface area contributed by atoms with Gasteiger partial charge in [0.05, 0.1) is 0 Å². The summed E-state index contributed by atoms with van der Waals surface area (Å²) in [6, 6.07) is 77.0. The Bertz CT molecular complexity index is 1590. The van der Waals surface area contributed by atoms with E-state index in [0.717, 1.165) is 0 Å². The highest BCUT2D eigenvalue weighted by Crippen LogP contribution is 2.13. The fraction of sp³-hybridized carbons (Fsp3) is 0. The predicted molar refractivity (Wildman–Crippen MR) is 194 cm³/mol. The van der Waals surface area contributed by atoms with Gasteiger partial charge in [0.2, 0.25) is 0 Å². The van der Waals surface area contributed by atoms with Crippen molar-refractivity contribution in [3.05, 3.63) is 206 Å². The zero-order chi connectivity index (χ0) is 29.7. The van der Waals surface area contributed by atoms with Crippen LogP contribution in [0.4, 0.5) is 0 Å². The van der Waals surface area contributed by atoms with Gasteiger partial charge >= 0.3 is 0 Å². The first-order valence-electron chi connectivity index (χ1n) is 15.3. The summed E-state index contributed by atoms with van der Waals surface area (Å²) in [7, 11) is -5.38. The molecule has 0 radical (unpaired) electrons. The normalized spacial score (nSPS) is 11.6. The fourth-order valence-corrected chi connectivity index (χ4v) is 16.9. The number of rotatable bonds is 8. The van der Waals surface area contributed by atoms with Gasteiger partial charge in [-0.25, -0.2) is 0 Å². The highest BCUT2D eigenvalue weighted by molar-refractivity contribution is 7.22. The van der Waals surface area contributed by atoms with Crippen LogP contribution in [0.25, 0.3) is 0 Å². The average molecular weight is 595 g/mol. The van der Waals surface area contributed by atoms with E-state index in [1.54, 1.807) is 0 Å². The molecule has 0 atom stereocenters. The lowest BCUT2D eigenvalue weighted by atomic mass is 10.3. The molecule has 0 bridgehead atoms. The summed E-state index contributed by atoms with van der Waals surface area (Å²) in [6.45, 7) is 0. The number of hydrogen-bond donors (Lipinski definition) is 0. The molecule has 2 heteroatoms. The minimum absolute atomic E-state index is 1.39. The minimum atomic E-state index is -2.69. The van der Waals surface area contributed by atoms with Crippen LogP contribution in [0.1, 0.15) is 0 Å². The summed E-state index contributed by atoms with van der Waals surface area (Å²) in [5, 5.41) is 11.1. The quantitative estimate of drug-likeness (QED) is 0.180. The minimum Gasteiger partial charge on any atom is -0.174 e. The lowest BCUT2D eigenvalue weighted by molar-refractivity contribution is 1.65. The van der Waals surface area contributed by atoms with Crippen LogP contribution < -0.4 is 41.5 Å². The monoisotopic (exact) mass is 594 g/mol. The van der Waals surface area contributed by atoms with Gasteiger partial charge in [-0.1, -0.05) is 200 Å². The fourth-order valence-electron chi connectivity index (χ4n) is 7.11. The molecule has 0 heterocycles. The van der Waals surface area contributed by atoms with Crippen molar-refractivity contribution in [1.82, 2.24) is 0 Å². The standard InChI is InChI=1S/C42H34Si2/c1-7-20-35(21-8-1)43(36-22-9-2-10-23-36,37-24-11-3-12-25-37)41-32-19-33-42(34-41)44(38-26-13-4-14-27-38,39-28-15-5-16-29-39)40-30-17-6-18-31-40/h1-34H/q-2. The summed E-state index contributed by atoms with van der Waals surface area (Å²) < 4.78 is 0. The van der Waals surface area contributed by atoms with E-state index in [1.807, 2.05) is 0 Å². The van der Waals surface area contributed by atoms with E-state index >= 15 is 0 Å². The summed E-state index contributed by atoms with van der Waals surface area (Å²) in [4.78, 5) is 0. The molecule has 0 saturated heterocycles. The Morgan fingerprint density at radius 2 is 0.364 bits per heavy atom. The summed E-state index contributed by atoms with van der Waals surface area (Å²) >= 11 is 0. The van der Waals surface area contributed by atoms with E-state index in [1.165, 1.54) is 41.5 Å². The molecule has 0 amide bonds. The first-order valence-corrected chi connectivity index (χ1v) is 19.3. The van der Waals surface area contributed by atoms with E-state index < -0.39 is 16.1 Å². The van der Waals surface area contributed by atoms with Crippen molar-refractivity contribution < 1.29 is 0 Å². The van der Waals surface area contributed by atoms with Gasteiger partial charge in [0, 0.05) is 0 Å². The van der Waals surface area contributed by atoms with E-state index in [-0.39, 0.29) is 0 Å². The highest BCUT2D eigenvalue weighted by Gasteiger charge is 2.31. The van der Waals surface area contributed by atoms with Crippen LogP contribution in [-0.2, 0) is 0 Å². The van der Waals surface area contributed by atoms with Crippen molar-refractivity contribution in [2.75, 3.05) is 0 Å². The van der Waals surface area contributed by atoms with Crippen LogP contribution in [0, 0.1) is 0 Å². The molecule has 44 heavy (non-hydrogen) atoms. The molecule has 0 aliphatic rings. The maximum Gasteiger partial charge on any atom is -0.0273 e. The molecule has 7 aromatic carbocycles. The lowest BCUT2D eigenvalue weighted by Crippen LogP contribution is -2.77. The van der Waals surface area contributed by atoms with Crippen LogP contribution >= 0.6 is 0 Å². The van der Waals surface area contributed by atoms with Crippen LogP contribution in [0.15, 0.2) is 206 Å². The number of hydrogen-bond acceptors (Lipinski definition) is 0. The van der Waals surface area contributed by atoms with Crippen molar-refractivity contribution in [2.45, 2.75) is 0 Å². The molecule has 0 unspecified atom stereocenters. The smallest absolute Gasteiger partial charge is 0.0273 e. The van der Waals surface area contributed by atoms with Gasteiger partial charge in [-0.3, -0.25) is 0 Å². The third-order valence-electron chi connectivity index (χ3n) is 8.97. The summed E-state index contributed by atoms with van der Waals surface area (Å²) in [5.41, 5.74) is 0. The molecule has 7 rings (SSSR count). The molecule has 212 valence electrons. The van der Waals surface area contributed by atoms with Gasteiger partial charge in [-0.2, -0.15) is 41.5 Å². The first-order chi connectivity index (χ1) is 21.8. The molecule has 0 aromatic heterocycles. The van der Waals surface area contributed by atoms with Gasteiger partial charge in [-0.15, -0.1) is 6.07 Å². The summed E-state index contributed by atoms with van der Waals surface area (Å²) in [6.07, 6.45) is 0. The summed E-state index contributed by atoms with van der Waals surface area (Å²) in [5.74, 6) is 0. The van der Waals surface area contributed by atoms with E-state index in [4.69, 9.17) is 0 Å². The van der Waals surface area contributed by atoms with Crippen LogP contribution in [0.3, 0.4) is 0 Å². The van der Waals surface area contributed by atoms with Gasteiger partial charge in [0.15, 0.2) is 0 Å². The third kappa shape index (κ3) is 4.69. The molecule has 0 N–H and O–H groups in total. The second-order valence-electron chi connectivity index (χ2n) is 11.3. The highest BCUT2D eigenvalue weighted by atomic mass is 28.3. The van der Waals surface area contributed by atoms with Crippen molar-refractivity contribution in [2.24, 2.45) is 0 Å². The second-order valence-corrected chi connectivity index (χ2v) is 18.9. The van der Waals surface area contributed by atoms with Crippen LogP contribution in [0.5, 0.6) is 0 Å². The maximum atomic E-state index is 2.58. The molecule has 0 fully saturated rings. The largest absolute Gasteiger partial charge is 0.174 e. The Morgan fingerprint density at radius 1 is 0.182 bits per heavy atom. The average Bonchev–Trinajstić information content (AvgIpc) is 3.12. The molecule has 0 nitrogen and oxygen atoms in total. The Hall–Kier alpha value is -5.03. The van der Waals surface area contributed by atoms with E-state index in [9.17, 15) is 0 Å². The second kappa shape index (κ2) is 12.3. The molecule has 0 spiro atoms. The van der Waals surface area contributed by atoms with Gasteiger partial charge < -0.3 is 0 Å². The third-order valence-corrected chi connectivity index (χ3v) is 18.5. The Kier molecular flexibility index (Phi) is 7.77. The molecule has 0 aliphatic carbocycles. The zero-order valence-electron chi connectivity index (χ0n) is 24.6. The molecular weight excluding hydrogens is 561 g/mol. The van der Waals surface area contributed by atoms with Gasteiger partial charge in [0.1, 0.15) is 0 Å². The number of benzene rings is 7. The maximum absolute atomic E-state index is 2.69. The molecular formula is C42H34Si2-2. The van der Waals surface area contributed by atoms with Crippen molar-refractivity contribution >= 4 is 57.6 Å². The first kappa shape index (κ1) is 27.8. The Balaban J connectivity index is 1.61. The van der Waals surface area contributed by atoms with Crippen molar-refractivity contribution in [3.8, 4) is 0 Å². The lowest BCUT2D eigenvalue weighted by Gasteiger charge is -2.51. The topological polar surface area (TPSA) is 0 Å². The SMILES string of the molecule is c1ccc([Si-](c2ccccc2)(c2ccccc2)c2cccc([Si-](c3ccccc3)(c3ccccc3)c3ccccc3)c2)cc1. The van der Waals surface area contributed by atoms with Gasteiger partial charge in [0.25, 0.3) is 0 Å². The van der Waals surface area contributed by atoms with Crippen molar-refractivity contribution in [3.63, 3.8) is 0 Å². The van der Waals surface area contributed by atoms with Crippen LogP contribution in [0.2, 0.25) is 0 Å². The van der Waals surface area contributed by atoms with E-state index in [0.29, 0.717) is 0 Å². The van der Waals surface area contributed by atoms with Crippen LogP contribution in [-0.4, -0.2) is 16.1 Å². The Morgan fingerprint density at radius 3 is 0.568 bits per heavy atom. The predicted octanol–water partition coefficient (Wildman–Crippen LogP) is 4.44. The van der Waals surface area contributed by atoms with E-state index in [2.05, 4.69) is 206 Å². The molecule has 7 aromatic rings. The van der Waals surface area contributed by atoms with Gasteiger partial charge in [-0.05, 0) is 16.1 Å². The molecule has 0 saturated carbocycles. The molecule has 0 aliphatic heterocycles. The van der Waals surface area contributed by atoms with Crippen molar-refractivity contribution in [1.29, 1.82) is 0 Å². The zero-order valence-corrected chi connectivity index (χ0v) is 26.6. The Labute approximate surface area is 263 Å².